The molecule has 6 rings (SSSR count). The fraction of sp³-hybridized carbons (Fsp3) is 1.00. The smallest absolute Gasteiger partial charge is 0.192 e. The Morgan fingerprint density at radius 2 is 1.50 bits per heavy atom. The molecule has 42 heavy (non-hydrogen) atoms. The summed E-state index contributed by atoms with van der Waals surface area (Å²) >= 11 is 0. The second-order valence-corrected chi connectivity index (χ2v) is 23.1. The fourth-order valence-corrected chi connectivity index (χ4v) is 16.5. The molecule has 2 spiro atoms. The zero-order chi connectivity index (χ0) is 30.9. The molecule has 0 bridgehead atoms. The molecule has 5 aliphatic carbocycles. The van der Waals surface area contributed by atoms with E-state index in [-0.39, 0.29) is 29.1 Å². The molecule has 2 N–H and O–H groups in total. The number of hydrogen-bond donors (Lipinski definition) is 2. The average molecular weight is 603 g/mol. The van der Waals surface area contributed by atoms with E-state index in [0.717, 1.165) is 36.4 Å². The predicted octanol–water partition coefficient (Wildman–Crippen LogP) is 8.60. The summed E-state index contributed by atoms with van der Waals surface area (Å²) in [6, 6.07) is 3.46. The molecule has 0 radical (unpaired) electrons. The third kappa shape index (κ3) is 3.85. The molecule has 242 valence electrons. The number of aliphatic hydroxyl groups excluding tert-OH is 1. The van der Waals surface area contributed by atoms with Crippen LogP contribution in [0.15, 0.2) is 0 Å². The van der Waals surface area contributed by atoms with Crippen LogP contribution in [0.3, 0.4) is 0 Å². The molecule has 0 amide bonds. The van der Waals surface area contributed by atoms with Gasteiger partial charge in [0.05, 0.1) is 23.9 Å². The normalized spacial score (nSPS) is 51.9. The predicted molar refractivity (Wildman–Crippen MR) is 174 cm³/mol. The first kappa shape index (κ1) is 32.0. The molecule has 13 atom stereocenters. The zero-order valence-electron chi connectivity index (χ0n) is 29.2. The molecule has 0 aromatic heterocycles. The van der Waals surface area contributed by atoms with E-state index in [1.165, 1.54) is 44.9 Å². The van der Waals surface area contributed by atoms with E-state index in [0.29, 0.717) is 34.0 Å². The first-order chi connectivity index (χ1) is 19.4. The van der Waals surface area contributed by atoms with Crippen molar-refractivity contribution in [3.05, 3.63) is 0 Å². The maximum Gasteiger partial charge on any atom is 0.192 e. The van der Waals surface area contributed by atoms with E-state index in [2.05, 4.69) is 62.3 Å². The van der Waals surface area contributed by atoms with Gasteiger partial charge < -0.3 is 19.4 Å². The van der Waals surface area contributed by atoms with Gasteiger partial charge in [-0.1, -0.05) is 62.3 Å². The van der Waals surface area contributed by atoms with Gasteiger partial charge in [0, 0.05) is 5.41 Å². The van der Waals surface area contributed by atoms with Gasteiger partial charge in [0.25, 0.3) is 0 Å². The van der Waals surface area contributed by atoms with E-state index >= 15 is 0 Å². The van der Waals surface area contributed by atoms with Crippen molar-refractivity contribution >= 4 is 8.32 Å². The number of ether oxygens (including phenoxy) is 1. The Balaban J connectivity index is 1.45. The zero-order valence-corrected chi connectivity index (χ0v) is 30.2. The second kappa shape index (κ2) is 9.78. The van der Waals surface area contributed by atoms with Crippen molar-refractivity contribution in [1.29, 1.82) is 0 Å². The summed E-state index contributed by atoms with van der Waals surface area (Å²) in [4.78, 5) is 0. The van der Waals surface area contributed by atoms with Crippen LogP contribution >= 0.6 is 0 Å². The average Bonchev–Trinajstić information content (AvgIpc) is 3.56. The van der Waals surface area contributed by atoms with Gasteiger partial charge in [-0.25, -0.2) is 0 Å². The van der Waals surface area contributed by atoms with Crippen LogP contribution in [0.1, 0.15) is 128 Å². The number of fused-ring (bicyclic) bond motifs is 4. The molecule has 1 heterocycles. The summed E-state index contributed by atoms with van der Waals surface area (Å²) < 4.78 is 14.9. The molecule has 5 saturated carbocycles. The first-order valence-electron chi connectivity index (χ1n) is 18.2. The summed E-state index contributed by atoms with van der Waals surface area (Å²) in [5.74, 6) is 3.22. The molecule has 6 aliphatic rings. The Kier molecular flexibility index (Phi) is 7.46. The highest BCUT2D eigenvalue weighted by molar-refractivity contribution is 6.73. The summed E-state index contributed by atoms with van der Waals surface area (Å²) in [7, 11) is -1.95. The molecule has 4 nitrogen and oxygen atoms in total. The molecule has 6 fully saturated rings. The lowest BCUT2D eigenvalue weighted by molar-refractivity contribution is -0.200. The Labute approximate surface area is 259 Å². The van der Waals surface area contributed by atoms with Gasteiger partial charge in [-0.15, -0.1) is 0 Å². The van der Waals surface area contributed by atoms with E-state index < -0.39 is 20.0 Å². The first-order valence-corrected chi connectivity index (χ1v) is 20.7. The topological polar surface area (TPSA) is 58.9 Å². The van der Waals surface area contributed by atoms with Crippen molar-refractivity contribution in [2.24, 2.45) is 56.7 Å². The fourth-order valence-electron chi connectivity index (χ4n) is 13.6. The highest BCUT2D eigenvalue weighted by atomic mass is 28.4. The van der Waals surface area contributed by atoms with Crippen molar-refractivity contribution < 1.29 is 19.4 Å². The third-order valence-corrected chi connectivity index (χ3v) is 21.3. The minimum atomic E-state index is -1.95. The molecule has 0 aromatic carbocycles. The van der Waals surface area contributed by atoms with Crippen LogP contribution in [0.5, 0.6) is 0 Å². The Bertz CT molecular complexity index is 1040. The van der Waals surface area contributed by atoms with E-state index in [9.17, 15) is 10.2 Å². The van der Waals surface area contributed by atoms with Crippen LogP contribution < -0.4 is 0 Å². The minimum Gasteiger partial charge on any atom is -0.411 e. The number of aliphatic hydroxyl groups is 2. The van der Waals surface area contributed by atoms with Gasteiger partial charge in [0.15, 0.2) is 8.32 Å². The summed E-state index contributed by atoms with van der Waals surface area (Å²) in [6.07, 6.45) is 9.33. The largest absolute Gasteiger partial charge is 0.411 e. The minimum absolute atomic E-state index is 0.00679. The van der Waals surface area contributed by atoms with E-state index in [1.54, 1.807) is 13.8 Å². The van der Waals surface area contributed by atoms with Crippen molar-refractivity contribution in [1.82, 2.24) is 0 Å². The summed E-state index contributed by atoms with van der Waals surface area (Å²) in [5.41, 5.74) is 0.473. The Morgan fingerprint density at radius 1 is 0.905 bits per heavy atom. The van der Waals surface area contributed by atoms with Gasteiger partial charge in [0.1, 0.15) is 6.10 Å². The number of rotatable bonds is 7. The molecule has 1 saturated heterocycles. The molecular weight excluding hydrogens is 536 g/mol. The monoisotopic (exact) mass is 602 g/mol. The lowest BCUT2D eigenvalue weighted by atomic mass is 9.41. The maximum absolute atomic E-state index is 11.3. The van der Waals surface area contributed by atoms with Crippen LogP contribution in [0.4, 0.5) is 0 Å². The van der Waals surface area contributed by atoms with Crippen LogP contribution in [-0.2, 0) is 9.16 Å². The van der Waals surface area contributed by atoms with Crippen molar-refractivity contribution in [2.75, 3.05) is 0 Å². The highest BCUT2D eigenvalue weighted by Crippen LogP contribution is 2.89. The lowest BCUT2D eigenvalue weighted by Gasteiger charge is -2.64. The molecule has 5 heteroatoms. The number of hydrogen-bond acceptors (Lipinski definition) is 4. The maximum atomic E-state index is 11.3. The molecule has 0 unspecified atom stereocenters. The molecule has 0 aromatic rings. The second-order valence-electron chi connectivity index (χ2n) is 18.4. The van der Waals surface area contributed by atoms with Crippen molar-refractivity contribution in [2.45, 2.75) is 176 Å². The van der Waals surface area contributed by atoms with E-state index in [1.807, 2.05) is 0 Å². The van der Waals surface area contributed by atoms with Crippen LogP contribution in [-0.4, -0.2) is 48.5 Å². The lowest BCUT2D eigenvalue weighted by Crippen LogP contribution is -2.61. The van der Waals surface area contributed by atoms with E-state index in [4.69, 9.17) is 9.16 Å². The SMILES string of the molecule is CC[Si](CC)(CC)O[C@H]1[C@H]2O[C@@H]([C@H](O)C(C)(C)O)C[C@@H](C)[C@@H]2[C@@]2(C)CC[C@@]34C[C@@]35CC[C@H](C)C(C)(C)[C@@H]5CC[C@H]4[C@]12C. The van der Waals surface area contributed by atoms with Gasteiger partial charge >= 0.3 is 0 Å². The molecule has 1 aliphatic heterocycles. The quantitative estimate of drug-likeness (QED) is 0.287. The van der Waals surface area contributed by atoms with Crippen LogP contribution in [0, 0.1) is 56.7 Å². The summed E-state index contributed by atoms with van der Waals surface area (Å²) in [5, 5.41) is 22.2. The van der Waals surface area contributed by atoms with Crippen molar-refractivity contribution in [3.8, 4) is 0 Å². The Morgan fingerprint density at radius 3 is 2.10 bits per heavy atom. The standard InChI is InChI=1S/C37H66O4Si/c1-12-42(13-2,14-3)41-31-29-28(23(4)21-25(40-29)30(38)33(8,9)39)34(10)19-20-37-22-36(37)18-17-24(5)32(6,7)26(36)15-16-27(37)35(31,34)11/h23-31,38-39H,12-22H2,1-11H3/t23-,24+,25-,26+,27+,28+,29+,30+,31+,34-,35-,36-,37+/m1/s1. The Hall–Kier alpha value is 0.0569. The van der Waals surface area contributed by atoms with Gasteiger partial charge in [-0.05, 0) is 135 Å². The van der Waals surface area contributed by atoms with Crippen LogP contribution in [0.2, 0.25) is 18.1 Å². The third-order valence-electron chi connectivity index (χ3n) is 16.7. The molecular formula is C37H66O4Si. The van der Waals surface area contributed by atoms with Crippen LogP contribution in [0.25, 0.3) is 0 Å². The highest BCUT2D eigenvalue weighted by Gasteiger charge is 2.84. The van der Waals surface area contributed by atoms with Gasteiger partial charge in [-0.2, -0.15) is 0 Å². The van der Waals surface area contributed by atoms with Gasteiger partial charge in [-0.3, -0.25) is 0 Å². The summed E-state index contributed by atoms with van der Waals surface area (Å²) in [6.45, 7) is 26.1. The van der Waals surface area contributed by atoms with Crippen molar-refractivity contribution in [3.63, 3.8) is 0 Å². The van der Waals surface area contributed by atoms with Gasteiger partial charge in [0.2, 0.25) is 0 Å².